The molecule has 0 spiro atoms. The second-order valence-corrected chi connectivity index (χ2v) is 7.82. The average molecular weight is 491 g/mol. The maximum absolute atomic E-state index is 13.2. The van der Waals surface area contributed by atoms with Gasteiger partial charge in [0.2, 0.25) is 0 Å². The lowest BCUT2D eigenvalue weighted by atomic mass is 10.1. The standard InChI is InChI=1S/C25H19ClN4O5/c1-35-18-8-10-21-19(13-18)16(14-27-21)11-23(29-24(31)15-5-3-2-4-6-15)25(32)28-22-12-17(30(33)34)7-9-20(22)26/h2-14,27H,1H3,(H,28,32)(H,29,31)/b23-11-. The number of nitrogens with zero attached hydrogens (tertiary/aromatic N) is 1. The molecule has 0 aliphatic rings. The number of nitro groups is 1. The van der Waals surface area contributed by atoms with E-state index in [1.165, 1.54) is 18.2 Å². The Morgan fingerprint density at radius 2 is 1.86 bits per heavy atom. The molecule has 4 rings (SSSR count). The maximum atomic E-state index is 13.2. The molecule has 0 aliphatic heterocycles. The lowest BCUT2D eigenvalue weighted by Crippen LogP contribution is -2.30. The molecule has 0 radical (unpaired) electrons. The van der Waals surface area contributed by atoms with Crippen molar-refractivity contribution in [3.63, 3.8) is 0 Å². The first-order valence-corrected chi connectivity index (χ1v) is 10.7. The van der Waals surface area contributed by atoms with Crippen LogP contribution in [0.2, 0.25) is 5.02 Å². The highest BCUT2D eigenvalue weighted by molar-refractivity contribution is 6.34. The number of aromatic nitrogens is 1. The molecule has 0 fully saturated rings. The molecule has 2 amide bonds. The highest BCUT2D eigenvalue weighted by Crippen LogP contribution is 2.28. The summed E-state index contributed by atoms with van der Waals surface area (Å²) in [5.41, 5.74) is 1.46. The number of hydrogen-bond acceptors (Lipinski definition) is 5. The summed E-state index contributed by atoms with van der Waals surface area (Å²) in [5, 5.41) is 17.2. The minimum atomic E-state index is -0.714. The number of hydrogen-bond donors (Lipinski definition) is 3. The number of ether oxygens (including phenoxy) is 1. The SMILES string of the molecule is COc1ccc2[nH]cc(/C=C(\NC(=O)c3ccccc3)C(=O)Nc3cc([N+](=O)[O-])ccc3Cl)c2c1. The number of non-ortho nitro benzene ring substituents is 1. The molecule has 9 nitrogen and oxygen atoms in total. The number of benzene rings is 3. The van der Waals surface area contributed by atoms with Gasteiger partial charge in [-0.15, -0.1) is 0 Å². The molecule has 0 bridgehead atoms. The molecule has 35 heavy (non-hydrogen) atoms. The third-order valence-corrected chi connectivity index (χ3v) is 5.49. The summed E-state index contributed by atoms with van der Waals surface area (Å²) in [4.78, 5) is 39.7. The molecule has 0 saturated heterocycles. The Balaban J connectivity index is 1.73. The quantitative estimate of drug-likeness (QED) is 0.188. The van der Waals surface area contributed by atoms with Crippen LogP contribution in [-0.4, -0.2) is 28.8 Å². The molecule has 3 aromatic carbocycles. The highest BCUT2D eigenvalue weighted by atomic mass is 35.5. The molecule has 176 valence electrons. The Hall–Kier alpha value is -4.63. The van der Waals surface area contributed by atoms with Crippen LogP contribution in [-0.2, 0) is 4.79 Å². The Labute approximate surface area is 204 Å². The Morgan fingerprint density at radius 1 is 1.09 bits per heavy atom. The molecule has 1 heterocycles. The molecule has 4 aromatic rings. The van der Waals surface area contributed by atoms with E-state index in [9.17, 15) is 19.7 Å². The lowest BCUT2D eigenvalue weighted by Gasteiger charge is -2.12. The predicted octanol–water partition coefficient (Wildman–Crippen LogP) is 5.15. The number of H-pyrrole nitrogens is 1. The topological polar surface area (TPSA) is 126 Å². The number of rotatable bonds is 7. The maximum Gasteiger partial charge on any atom is 0.272 e. The molecule has 0 atom stereocenters. The largest absolute Gasteiger partial charge is 0.497 e. The van der Waals surface area contributed by atoms with E-state index in [2.05, 4.69) is 15.6 Å². The van der Waals surface area contributed by atoms with Crippen molar-refractivity contribution in [1.29, 1.82) is 0 Å². The fraction of sp³-hybridized carbons (Fsp3) is 0.0400. The van der Waals surface area contributed by atoms with Crippen molar-refractivity contribution >= 4 is 51.8 Å². The van der Waals surface area contributed by atoms with Crippen LogP contribution in [0.4, 0.5) is 11.4 Å². The number of nitrogens with one attached hydrogen (secondary N) is 3. The fourth-order valence-corrected chi connectivity index (χ4v) is 3.54. The first kappa shape index (κ1) is 23.5. The van der Waals surface area contributed by atoms with E-state index in [4.69, 9.17) is 16.3 Å². The van der Waals surface area contributed by atoms with Crippen LogP contribution in [0.1, 0.15) is 15.9 Å². The minimum Gasteiger partial charge on any atom is -0.497 e. The monoisotopic (exact) mass is 490 g/mol. The van der Waals surface area contributed by atoms with Crippen LogP contribution in [0.3, 0.4) is 0 Å². The molecular weight excluding hydrogens is 472 g/mol. The second kappa shape index (κ2) is 10.1. The van der Waals surface area contributed by atoms with E-state index in [0.717, 1.165) is 17.0 Å². The van der Waals surface area contributed by atoms with E-state index in [1.807, 2.05) is 6.07 Å². The van der Waals surface area contributed by atoms with E-state index in [-0.39, 0.29) is 22.1 Å². The van der Waals surface area contributed by atoms with Crippen molar-refractivity contribution < 1.29 is 19.2 Å². The number of aromatic amines is 1. The third-order valence-electron chi connectivity index (χ3n) is 5.16. The van der Waals surface area contributed by atoms with Gasteiger partial charge in [0.15, 0.2) is 0 Å². The molecule has 3 N–H and O–H groups in total. The zero-order valence-electron chi connectivity index (χ0n) is 18.4. The van der Waals surface area contributed by atoms with Crippen molar-refractivity contribution in [1.82, 2.24) is 10.3 Å². The molecule has 0 aliphatic carbocycles. The Bertz CT molecular complexity index is 1460. The Kier molecular flexibility index (Phi) is 6.79. The van der Waals surface area contributed by atoms with Crippen molar-refractivity contribution in [3.05, 3.63) is 105 Å². The van der Waals surface area contributed by atoms with Gasteiger partial charge in [-0.2, -0.15) is 0 Å². The number of amides is 2. The fourth-order valence-electron chi connectivity index (χ4n) is 3.38. The van der Waals surface area contributed by atoms with Gasteiger partial charge in [-0.25, -0.2) is 0 Å². The molecule has 0 saturated carbocycles. The third kappa shape index (κ3) is 5.31. The number of anilines is 1. The first-order chi connectivity index (χ1) is 16.9. The molecule has 0 unspecified atom stereocenters. The Morgan fingerprint density at radius 3 is 2.57 bits per heavy atom. The second-order valence-electron chi connectivity index (χ2n) is 7.41. The highest BCUT2D eigenvalue weighted by Gasteiger charge is 2.18. The van der Waals surface area contributed by atoms with E-state index < -0.39 is 16.7 Å². The van der Waals surface area contributed by atoms with Gasteiger partial charge in [0.1, 0.15) is 11.4 Å². The predicted molar refractivity (Wildman–Crippen MR) is 133 cm³/mol. The summed E-state index contributed by atoms with van der Waals surface area (Å²) in [7, 11) is 1.55. The van der Waals surface area contributed by atoms with E-state index in [0.29, 0.717) is 16.9 Å². The number of halogens is 1. The van der Waals surface area contributed by atoms with Crippen LogP contribution < -0.4 is 15.4 Å². The van der Waals surface area contributed by atoms with Gasteiger partial charge in [-0.3, -0.25) is 19.7 Å². The van der Waals surface area contributed by atoms with Crippen molar-refractivity contribution in [2.24, 2.45) is 0 Å². The summed E-state index contributed by atoms with van der Waals surface area (Å²) in [6, 6.07) is 17.5. The normalized spacial score (nSPS) is 11.2. The smallest absolute Gasteiger partial charge is 0.272 e. The van der Waals surface area contributed by atoms with Crippen molar-refractivity contribution in [3.8, 4) is 5.75 Å². The zero-order chi connectivity index (χ0) is 24.9. The zero-order valence-corrected chi connectivity index (χ0v) is 19.1. The van der Waals surface area contributed by atoms with Crippen molar-refractivity contribution in [2.75, 3.05) is 12.4 Å². The van der Waals surface area contributed by atoms with Gasteiger partial charge in [0, 0.05) is 40.4 Å². The van der Waals surface area contributed by atoms with Gasteiger partial charge >= 0.3 is 0 Å². The number of carbonyl (C=O) groups excluding carboxylic acids is 2. The van der Waals surface area contributed by atoms with Gasteiger partial charge in [-0.1, -0.05) is 29.8 Å². The van der Waals surface area contributed by atoms with Crippen molar-refractivity contribution in [2.45, 2.75) is 0 Å². The van der Waals surface area contributed by atoms with Crippen LogP contribution in [0.5, 0.6) is 5.75 Å². The summed E-state index contributed by atoms with van der Waals surface area (Å²) < 4.78 is 5.29. The lowest BCUT2D eigenvalue weighted by molar-refractivity contribution is -0.384. The number of fused-ring (bicyclic) bond motifs is 1. The average Bonchev–Trinajstić information content (AvgIpc) is 3.27. The van der Waals surface area contributed by atoms with Gasteiger partial charge < -0.3 is 20.4 Å². The van der Waals surface area contributed by atoms with Crippen LogP contribution in [0.15, 0.2) is 78.6 Å². The van der Waals surface area contributed by atoms with Crippen LogP contribution >= 0.6 is 11.6 Å². The number of nitro benzene ring substituents is 1. The number of methoxy groups -OCH3 is 1. The van der Waals surface area contributed by atoms with Gasteiger partial charge in [0.25, 0.3) is 17.5 Å². The summed E-state index contributed by atoms with van der Waals surface area (Å²) in [6.45, 7) is 0. The number of carbonyl (C=O) groups is 2. The molecular formula is C25H19ClN4O5. The van der Waals surface area contributed by atoms with E-state index >= 15 is 0 Å². The van der Waals surface area contributed by atoms with Crippen LogP contribution in [0.25, 0.3) is 17.0 Å². The van der Waals surface area contributed by atoms with Gasteiger partial charge in [0.05, 0.1) is 22.7 Å². The summed E-state index contributed by atoms with van der Waals surface area (Å²) in [5.74, 6) is -0.599. The van der Waals surface area contributed by atoms with Crippen LogP contribution in [0, 0.1) is 10.1 Å². The molecule has 10 heteroatoms. The summed E-state index contributed by atoms with van der Waals surface area (Å²) >= 11 is 6.14. The minimum absolute atomic E-state index is 0.0336. The van der Waals surface area contributed by atoms with Gasteiger partial charge in [-0.05, 0) is 42.5 Å². The summed E-state index contributed by atoms with van der Waals surface area (Å²) in [6.07, 6.45) is 3.19. The van der Waals surface area contributed by atoms with E-state index in [1.54, 1.807) is 55.8 Å². The molecule has 1 aromatic heterocycles. The first-order valence-electron chi connectivity index (χ1n) is 10.3.